The van der Waals surface area contributed by atoms with Crippen molar-refractivity contribution in [3.63, 3.8) is 0 Å². The molecule has 1 aliphatic rings. The zero-order valence-electron chi connectivity index (χ0n) is 23.5. The third-order valence-corrected chi connectivity index (χ3v) is 7.73. The molecule has 3 aromatic heterocycles. The molecule has 38 heavy (non-hydrogen) atoms. The normalized spacial score (nSPS) is 14.1. The Kier molecular flexibility index (Phi) is 6.92. The van der Waals surface area contributed by atoms with Crippen molar-refractivity contribution in [3.05, 3.63) is 70.9 Å². The number of benzene rings is 1. The van der Waals surface area contributed by atoms with Crippen molar-refractivity contribution in [2.45, 2.75) is 39.8 Å². The Morgan fingerprint density at radius 3 is 2.45 bits per heavy atom. The fourth-order valence-electron chi connectivity index (χ4n) is 5.31. The van der Waals surface area contributed by atoms with Gasteiger partial charge in [0.25, 0.3) is 5.91 Å². The number of hydrogen-bond donors (Lipinski definition) is 0. The number of aromatic nitrogens is 4. The van der Waals surface area contributed by atoms with Gasteiger partial charge in [-0.05, 0) is 51.2 Å². The van der Waals surface area contributed by atoms with Crippen LogP contribution in [0.15, 0.2) is 42.6 Å². The fourth-order valence-corrected chi connectivity index (χ4v) is 5.31. The van der Waals surface area contributed by atoms with E-state index in [2.05, 4.69) is 46.4 Å². The number of likely N-dealkylation sites (tertiary alicyclic amines) is 1. The van der Waals surface area contributed by atoms with Gasteiger partial charge in [-0.25, -0.2) is 15.0 Å². The number of amides is 1. The average Bonchev–Trinajstić information content (AvgIpc) is 3.24. The second-order valence-corrected chi connectivity index (χ2v) is 10.6. The maximum Gasteiger partial charge on any atom is 0.254 e. The Hall–Kier alpha value is -3.78. The number of carbonyl (C=O) groups excluding carboxylic acids is 1. The molecule has 1 aliphatic heterocycles. The molecule has 0 aliphatic carbocycles. The summed E-state index contributed by atoms with van der Waals surface area (Å²) in [4.78, 5) is 34.6. The molecule has 0 radical (unpaired) electrons. The van der Waals surface area contributed by atoms with Crippen molar-refractivity contribution in [2.75, 3.05) is 39.1 Å². The molecule has 1 aromatic carbocycles. The summed E-state index contributed by atoms with van der Waals surface area (Å²) in [5, 5.41) is 0.854. The van der Waals surface area contributed by atoms with E-state index in [1.165, 1.54) is 0 Å². The first kappa shape index (κ1) is 25.9. The molecule has 0 N–H and O–H groups in total. The van der Waals surface area contributed by atoms with Gasteiger partial charge >= 0.3 is 0 Å². The number of carbonyl (C=O) groups is 1. The molecule has 4 heterocycles. The van der Waals surface area contributed by atoms with Gasteiger partial charge in [0.1, 0.15) is 5.82 Å². The van der Waals surface area contributed by atoms with Crippen molar-refractivity contribution < 1.29 is 4.79 Å². The second-order valence-electron chi connectivity index (χ2n) is 10.6. The smallest absolute Gasteiger partial charge is 0.254 e. The maximum atomic E-state index is 13.8. The summed E-state index contributed by atoms with van der Waals surface area (Å²) in [7, 11) is 8.12. The minimum Gasteiger partial charge on any atom is -0.368 e. The van der Waals surface area contributed by atoms with Gasteiger partial charge in [0, 0.05) is 46.0 Å². The van der Waals surface area contributed by atoms with Crippen LogP contribution >= 0.6 is 0 Å². The molecule has 0 atom stereocenters. The Labute approximate surface area is 224 Å². The number of anilines is 1. The number of pyridine rings is 2. The van der Waals surface area contributed by atoms with Crippen LogP contribution in [0.3, 0.4) is 0 Å². The lowest BCUT2D eigenvalue weighted by Crippen LogP contribution is -2.56. The largest absolute Gasteiger partial charge is 0.368 e. The summed E-state index contributed by atoms with van der Waals surface area (Å²) in [5.41, 5.74) is 7.06. The first-order chi connectivity index (χ1) is 18.2. The Morgan fingerprint density at radius 2 is 1.79 bits per heavy atom. The molecule has 1 saturated heterocycles. The van der Waals surface area contributed by atoms with Gasteiger partial charge in [-0.1, -0.05) is 18.6 Å². The minimum absolute atomic E-state index is 0.0503. The third kappa shape index (κ3) is 4.76. The van der Waals surface area contributed by atoms with Crippen LogP contribution in [-0.2, 0) is 20.0 Å². The van der Waals surface area contributed by atoms with Gasteiger partial charge in [0.15, 0.2) is 0 Å². The van der Waals surface area contributed by atoms with Crippen LogP contribution in [0.4, 0.5) is 5.69 Å². The molecular weight excluding hydrogens is 474 g/mol. The summed E-state index contributed by atoms with van der Waals surface area (Å²) in [6.45, 7) is 8.75. The molecule has 8 nitrogen and oxygen atoms in total. The van der Waals surface area contributed by atoms with Crippen molar-refractivity contribution in [2.24, 2.45) is 7.05 Å². The minimum atomic E-state index is -0.0503. The highest BCUT2D eigenvalue weighted by atomic mass is 16.2. The van der Waals surface area contributed by atoms with E-state index in [4.69, 9.17) is 9.97 Å². The molecule has 5 rings (SSSR count). The molecule has 8 heteroatoms. The topological polar surface area (TPSA) is 70.4 Å². The highest BCUT2D eigenvalue weighted by Crippen LogP contribution is 2.29. The van der Waals surface area contributed by atoms with Crippen LogP contribution in [0.2, 0.25) is 0 Å². The van der Waals surface area contributed by atoms with Crippen molar-refractivity contribution in [3.8, 4) is 11.4 Å². The van der Waals surface area contributed by atoms with Crippen molar-refractivity contribution in [1.29, 1.82) is 0 Å². The zero-order chi connectivity index (χ0) is 27.1. The maximum absolute atomic E-state index is 13.8. The van der Waals surface area contributed by atoms with Gasteiger partial charge in [0.2, 0.25) is 0 Å². The molecule has 0 bridgehead atoms. The summed E-state index contributed by atoms with van der Waals surface area (Å²) in [6.07, 6.45) is 2.71. The van der Waals surface area contributed by atoms with Crippen LogP contribution in [0.25, 0.3) is 22.3 Å². The predicted molar refractivity (Wildman–Crippen MR) is 153 cm³/mol. The van der Waals surface area contributed by atoms with Gasteiger partial charge in [-0.3, -0.25) is 4.79 Å². The molecule has 0 spiro atoms. The monoisotopic (exact) mass is 511 g/mol. The lowest BCUT2D eigenvalue weighted by molar-refractivity contribution is 0.0784. The standard InChI is InChI=1S/C30H37N7O/c1-8-29-31-15-21(37(29)7)18-35(5)30(38)24-14-27(33-25-10-9-19(2)13-23(24)25)26-11-12-28(20(3)32-26)36(6)22-16-34(4)17-22/h9-15,22H,8,16-18H2,1-7H3. The lowest BCUT2D eigenvalue weighted by Gasteiger charge is -2.43. The van der Waals surface area contributed by atoms with E-state index >= 15 is 0 Å². The van der Waals surface area contributed by atoms with Crippen LogP contribution in [-0.4, -0.2) is 75.5 Å². The highest BCUT2D eigenvalue weighted by Gasteiger charge is 2.28. The van der Waals surface area contributed by atoms with E-state index in [9.17, 15) is 4.79 Å². The Balaban J connectivity index is 1.50. The molecule has 0 unspecified atom stereocenters. The highest BCUT2D eigenvalue weighted by molar-refractivity contribution is 6.07. The fraction of sp³-hybridized carbons (Fsp3) is 0.400. The Bertz CT molecular complexity index is 1500. The van der Waals surface area contributed by atoms with Gasteiger partial charge < -0.3 is 19.3 Å². The van der Waals surface area contributed by atoms with Gasteiger partial charge in [0.05, 0.1) is 58.3 Å². The van der Waals surface area contributed by atoms with Crippen LogP contribution in [0, 0.1) is 13.8 Å². The number of nitrogens with zero attached hydrogens (tertiary/aromatic N) is 7. The molecule has 1 amide bonds. The van der Waals surface area contributed by atoms with Crippen molar-refractivity contribution in [1.82, 2.24) is 29.3 Å². The van der Waals surface area contributed by atoms with Crippen LogP contribution < -0.4 is 4.90 Å². The zero-order valence-corrected chi connectivity index (χ0v) is 23.5. The molecular formula is C30H37N7O. The Morgan fingerprint density at radius 1 is 1.03 bits per heavy atom. The van der Waals surface area contributed by atoms with Crippen LogP contribution in [0.5, 0.6) is 0 Å². The molecule has 4 aromatic rings. The number of aryl methyl sites for hydroxylation is 3. The molecule has 0 saturated carbocycles. The van der Waals surface area contributed by atoms with Gasteiger partial charge in [-0.15, -0.1) is 0 Å². The molecule has 1 fully saturated rings. The summed E-state index contributed by atoms with van der Waals surface area (Å²) >= 11 is 0. The van der Waals surface area contributed by atoms with Crippen molar-refractivity contribution >= 4 is 22.5 Å². The summed E-state index contributed by atoms with van der Waals surface area (Å²) in [5.74, 6) is 0.957. The predicted octanol–water partition coefficient (Wildman–Crippen LogP) is 4.23. The first-order valence-corrected chi connectivity index (χ1v) is 13.2. The third-order valence-electron chi connectivity index (χ3n) is 7.73. The van der Waals surface area contributed by atoms with Crippen LogP contribution in [0.1, 0.15) is 40.1 Å². The summed E-state index contributed by atoms with van der Waals surface area (Å²) in [6, 6.07) is 12.6. The lowest BCUT2D eigenvalue weighted by atomic mass is 10.0. The SMILES string of the molecule is CCc1ncc(CN(C)C(=O)c2cc(-c3ccc(N(C)C4CN(C)C4)c(C)n3)nc3ccc(C)cc23)n1C. The summed E-state index contributed by atoms with van der Waals surface area (Å²) < 4.78 is 2.07. The number of rotatable bonds is 7. The average molecular weight is 512 g/mol. The number of likely N-dealkylation sites (N-methyl/N-ethyl adjacent to an activating group) is 2. The van der Waals surface area contributed by atoms with E-state index < -0.39 is 0 Å². The van der Waals surface area contributed by atoms with E-state index in [0.717, 1.165) is 64.6 Å². The first-order valence-electron chi connectivity index (χ1n) is 13.2. The number of imidazole rings is 1. The van der Waals surface area contributed by atoms with E-state index in [1.807, 2.05) is 64.5 Å². The number of hydrogen-bond acceptors (Lipinski definition) is 6. The molecule has 198 valence electrons. The van der Waals surface area contributed by atoms with Gasteiger partial charge in [-0.2, -0.15) is 0 Å². The quantitative estimate of drug-likeness (QED) is 0.370. The second kappa shape index (κ2) is 10.2. The number of fused-ring (bicyclic) bond motifs is 1. The van der Waals surface area contributed by atoms with E-state index in [0.29, 0.717) is 23.8 Å². The van der Waals surface area contributed by atoms with E-state index in [-0.39, 0.29) is 5.91 Å². The van der Waals surface area contributed by atoms with E-state index in [1.54, 1.807) is 4.90 Å².